The number of aromatic nitrogens is 1. The van der Waals surface area contributed by atoms with Crippen molar-refractivity contribution in [2.24, 2.45) is 0 Å². The standard InChI is InChI=1S/C21H24FN3O/c1-12(2)9-20(26)25-21-13(3)10-17-16(14(21)4)6-7-18(17)24-15-5-8-19(22)23-11-15/h5,8,10-11,18,24H,1,6-7,9H2,2-4H3,(H,25,26). The first-order valence-electron chi connectivity index (χ1n) is 8.80. The van der Waals surface area contributed by atoms with Gasteiger partial charge in [-0.3, -0.25) is 4.79 Å². The maximum atomic E-state index is 13.0. The van der Waals surface area contributed by atoms with E-state index in [1.165, 1.54) is 23.4 Å². The molecule has 5 heteroatoms. The number of rotatable bonds is 5. The predicted octanol–water partition coefficient (Wildman–Crippen LogP) is 4.84. The molecule has 1 aliphatic rings. The molecule has 136 valence electrons. The number of aryl methyl sites for hydroxylation is 1. The predicted molar refractivity (Wildman–Crippen MR) is 103 cm³/mol. The number of carbonyl (C=O) groups excluding carboxylic acids is 1. The van der Waals surface area contributed by atoms with Gasteiger partial charge in [0, 0.05) is 12.1 Å². The molecule has 1 amide bonds. The molecule has 1 unspecified atom stereocenters. The van der Waals surface area contributed by atoms with Gasteiger partial charge in [-0.15, -0.1) is 0 Å². The van der Waals surface area contributed by atoms with Crippen molar-refractivity contribution in [2.45, 2.75) is 46.1 Å². The van der Waals surface area contributed by atoms with Gasteiger partial charge in [0.1, 0.15) is 0 Å². The lowest BCUT2D eigenvalue weighted by Crippen LogP contribution is -2.15. The van der Waals surface area contributed by atoms with Gasteiger partial charge in [-0.05, 0) is 68.0 Å². The lowest BCUT2D eigenvalue weighted by Gasteiger charge is -2.19. The number of carbonyl (C=O) groups is 1. The van der Waals surface area contributed by atoms with E-state index in [9.17, 15) is 9.18 Å². The van der Waals surface area contributed by atoms with Crippen molar-refractivity contribution in [3.8, 4) is 0 Å². The molecule has 0 fully saturated rings. The second-order valence-corrected chi connectivity index (χ2v) is 7.05. The van der Waals surface area contributed by atoms with Crippen molar-refractivity contribution in [3.05, 3.63) is 64.7 Å². The van der Waals surface area contributed by atoms with Gasteiger partial charge in [-0.25, -0.2) is 4.98 Å². The van der Waals surface area contributed by atoms with Crippen LogP contribution in [0.25, 0.3) is 0 Å². The quantitative estimate of drug-likeness (QED) is 0.597. The summed E-state index contributed by atoms with van der Waals surface area (Å²) in [5.74, 6) is -0.516. The fraction of sp³-hybridized carbons (Fsp3) is 0.333. The summed E-state index contributed by atoms with van der Waals surface area (Å²) in [5, 5.41) is 6.48. The minimum Gasteiger partial charge on any atom is -0.377 e. The molecule has 3 rings (SSSR count). The fourth-order valence-electron chi connectivity index (χ4n) is 3.60. The molecule has 0 radical (unpaired) electrons. The van der Waals surface area contributed by atoms with Crippen molar-refractivity contribution >= 4 is 17.3 Å². The minimum absolute atomic E-state index is 0.0336. The Morgan fingerprint density at radius 1 is 1.38 bits per heavy atom. The zero-order chi connectivity index (χ0) is 18.8. The largest absolute Gasteiger partial charge is 0.377 e. The highest BCUT2D eigenvalue weighted by atomic mass is 19.1. The Bertz CT molecular complexity index is 859. The molecule has 4 nitrogen and oxygen atoms in total. The molecule has 26 heavy (non-hydrogen) atoms. The SMILES string of the molecule is C=C(C)CC(=O)Nc1c(C)cc2c(c1C)CCC2Nc1ccc(F)nc1. The van der Waals surface area contributed by atoms with Crippen LogP contribution in [-0.2, 0) is 11.2 Å². The number of pyridine rings is 1. The Kier molecular flexibility index (Phi) is 5.07. The number of hydrogen-bond acceptors (Lipinski definition) is 3. The Balaban J connectivity index is 1.84. The third-order valence-electron chi connectivity index (χ3n) is 4.80. The number of amides is 1. The van der Waals surface area contributed by atoms with Crippen molar-refractivity contribution in [1.29, 1.82) is 0 Å². The molecule has 1 aromatic carbocycles. The van der Waals surface area contributed by atoms with Crippen LogP contribution in [0.5, 0.6) is 0 Å². The number of nitrogens with zero attached hydrogens (tertiary/aromatic N) is 1. The molecule has 0 bridgehead atoms. The smallest absolute Gasteiger partial charge is 0.228 e. The maximum absolute atomic E-state index is 13.0. The van der Waals surface area contributed by atoms with Gasteiger partial charge in [0.15, 0.2) is 0 Å². The van der Waals surface area contributed by atoms with E-state index in [4.69, 9.17) is 0 Å². The monoisotopic (exact) mass is 353 g/mol. The zero-order valence-electron chi connectivity index (χ0n) is 15.4. The molecule has 0 saturated carbocycles. The summed E-state index contributed by atoms with van der Waals surface area (Å²) in [6, 6.07) is 5.36. The van der Waals surface area contributed by atoms with Crippen LogP contribution in [0.4, 0.5) is 15.8 Å². The second-order valence-electron chi connectivity index (χ2n) is 7.05. The minimum atomic E-state index is -0.482. The number of hydrogen-bond donors (Lipinski definition) is 2. The molecule has 0 spiro atoms. The van der Waals surface area contributed by atoms with E-state index in [0.29, 0.717) is 6.42 Å². The van der Waals surface area contributed by atoms with Gasteiger partial charge < -0.3 is 10.6 Å². The molecular formula is C21H24FN3O. The molecule has 0 saturated heterocycles. The van der Waals surface area contributed by atoms with Crippen LogP contribution in [0.15, 0.2) is 36.5 Å². The van der Waals surface area contributed by atoms with E-state index in [1.54, 1.807) is 6.07 Å². The van der Waals surface area contributed by atoms with Gasteiger partial charge in [0.2, 0.25) is 11.9 Å². The van der Waals surface area contributed by atoms with Crippen LogP contribution in [0.1, 0.15) is 48.1 Å². The van der Waals surface area contributed by atoms with Crippen LogP contribution in [0, 0.1) is 19.8 Å². The number of nitrogens with one attached hydrogen (secondary N) is 2. The molecule has 1 aliphatic carbocycles. The molecule has 2 N–H and O–H groups in total. The van der Waals surface area contributed by atoms with E-state index in [0.717, 1.165) is 40.9 Å². The summed E-state index contributed by atoms with van der Waals surface area (Å²) in [6.07, 6.45) is 3.74. The first-order chi connectivity index (χ1) is 12.3. The third kappa shape index (κ3) is 3.77. The molecular weight excluding hydrogens is 329 g/mol. The second kappa shape index (κ2) is 7.28. The maximum Gasteiger partial charge on any atom is 0.228 e. The van der Waals surface area contributed by atoms with Crippen LogP contribution in [-0.4, -0.2) is 10.9 Å². The van der Waals surface area contributed by atoms with Crippen LogP contribution in [0.3, 0.4) is 0 Å². The normalized spacial score (nSPS) is 15.5. The van der Waals surface area contributed by atoms with E-state index >= 15 is 0 Å². The number of fused-ring (bicyclic) bond motifs is 1. The van der Waals surface area contributed by atoms with Crippen LogP contribution < -0.4 is 10.6 Å². The van der Waals surface area contributed by atoms with Crippen molar-refractivity contribution in [2.75, 3.05) is 10.6 Å². The summed E-state index contributed by atoms with van der Waals surface area (Å²) in [6.45, 7) is 9.72. The third-order valence-corrected chi connectivity index (χ3v) is 4.80. The molecule has 1 atom stereocenters. The molecule has 1 aromatic heterocycles. The molecule has 0 aliphatic heterocycles. The van der Waals surface area contributed by atoms with Crippen LogP contribution >= 0.6 is 0 Å². The van der Waals surface area contributed by atoms with E-state index < -0.39 is 5.95 Å². The van der Waals surface area contributed by atoms with Gasteiger partial charge in [-0.2, -0.15) is 4.39 Å². The first-order valence-corrected chi connectivity index (χ1v) is 8.80. The summed E-state index contributed by atoms with van der Waals surface area (Å²) >= 11 is 0. The molecule has 2 aromatic rings. The van der Waals surface area contributed by atoms with Crippen molar-refractivity contribution < 1.29 is 9.18 Å². The highest BCUT2D eigenvalue weighted by Gasteiger charge is 2.26. The van der Waals surface area contributed by atoms with Crippen molar-refractivity contribution in [3.63, 3.8) is 0 Å². The number of benzene rings is 1. The van der Waals surface area contributed by atoms with E-state index in [-0.39, 0.29) is 11.9 Å². The summed E-state index contributed by atoms with van der Waals surface area (Å²) < 4.78 is 13.0. The zero-order valence-corrected chi connectivity index (χ0v) is 15.4. The average Bonchev–Trinajstić information content (AvgIpc) is 2.96. The van der Waals surface area contributed by atoms with Gasteiger partial charge in [0.25, 0.3) is 0 Å². The summed E-state index contributed by atoms with van der Waals surface area (Å²) in [7, 11) is 0. The van der Waals surface area contributed by atoms with Gasteiger partial charge >= 0.3 is 0 Å². The summed E-state index contributed by atoms with van der Waals surface area (Å²) in [4.78, 5) is 15.8. The van der Waals surface area contributed by atoms with Crippen LogP contribution in [0.2, 0.25) is 0 Å². The number of anilines is 2. The first kappa shape index (κ1) is 18.1. The number of halogens is 1. The average molecular weight is 353 g/mol. The van der Waals surface area contributed by atoms with Crippen molar-refractivity contribution in [1.82, 2.24) is 4.98 Å². The summed E-state index contributed by atoms with van der Waals surface area (Å²) in [5.41, 5.74) is 7.23. The fourth-order valence-corrected chi connectivity index (χ4v) is 3.60. The Labute approximate surface area is 153 Å². The van der Waals surface area contributed by atoms with Gasteiger partial charge in [-0.1, -0.05) is 18.2 Å². The Morgan fingerprint density at radius 3 is 2.81 bits per heavy atom. The van der Waals surface area contributed by atoms with E-state index in [2.05, 4.69) is 35.2 Å². The topological polar surface area (TPSA) is 54.0 Å². The Morgan fingerprint density at radius 2 is 2.15 bits per heavy atom. The van der Waals surface area contributed by atoms with Gasteiger partial charge in [0.05, 0.1) is 17.9 Å². The van der Waals surface area contributed by atoms with E-state index in [1.807, 2.05) is 13.8 Å². The Hall–Kier alpha value is -2.69. The lowest BCUT2D eigenvalue weighted by atomic mass is 9.97. The lowest BCUT2D eigenvalue weighted by molar-refractivity contribution is -0.115. The highest BCUT2D eigenvalue weighted by molar-refractivity contribution is 5.94. The molecule has 1 heterocycles. The highest BCUT2D eigenvalue weighted by Crippen LogP contribution is 2.39.